The second kappa shape index (κ2) is 7.22. The van der Waals surface area contributed by atoms with Gasteiger partial charge in [0.1, 0.15) is 0 Å². The monoisotopic (exact) mass is 330 g/mol. The highest BCUT2D eigenvalue weighted by Crippen LogP contribution is 2.11. The van der Waals surface area contributed by atoms with Gasteiger partial charge in [-0.05, 0) is 19.8 Å². The van der Waals surface area contributed by atoms with Crippen LogP contribution < -0.4 is 10.6 Å². The van der Waals surface area contributed by atoms with Gasteiger partial charge in [0.15, 0.2) is 15.8 Å². The summed E-state index contributed by atoms with van der Waals surface area (Å²) in [6.07, 6.45) is 2.57. The largest absolute Gasteiger partial charge is 0.356 e. The van der Waals surface area contributed by atoms with Crippen LogP contribution in [-0.2, 0) is 16.3 Å². The number of hydrogen-bond donors (Lipinski definition) is 2. The Morgan fingerprint density at radius 2 is 2.38 bits per heavy atom. The molecule has 1 aliphatic rings. The summed E-state index contributed by atoms with van der Waals surface area (Å²) in [5.74, 6) is 1.14. The molecule has 0 radical (unpaired) electrons. The molecular formula is C13H22N4O2S2. The highest BCUT2D eigenvalue weighted by molar-refractivity contribution is 7.91. The third kappa shape index (κ3) is 5.28. The van der Waals surface area contributed by atoms with Gasteiger partial charge in [0.05, 0.1) is 16.5 Å². The maximum atomic E-state index is 11.4. The molecule has 1 aliphatic heterocycles. The van der Waals surface area contributed by atoms with Crippen LogP contribution in [0.25, 0.3) is 0 Å². The predicted octanol–water partition coefficient (Wildman–Crippen LogP) is 0.736. The van der Waals surface area contributed by atoms with Crippen LogP contribution in [0.15, 0.2) is 10.4 Å². The van der Waals surface area contributed by atoms with Crippen LogP contribution in [0.1, 0.15) is 23.5 Å². The Morgan fingerprint density at radius 1 is 1.57 bits per heavy atom. The van der Waals surface area contributed by atoms with Crippen molar-refractivity contribution in [1.82, 2.24) is 15.6 Å². The summed E-state index contributed by atoms with van der Waals surface area (Å²) in [5, 5.41) is 9.60. The lowest BCUT2D eigenvalue weighted by molar-refractivity contribution is 0.599. The molecule has 21 heavy (non-hydrogen) atoms. The zero-order valence-electron chi connectivity index (χ0n) is 12.4. The first-order valence-corrected chi connectivity index (χ1v) is 9.77. The van der Waals surface area contributed by atoms with E-state index in [0.717, 1.165) is 30.1 Å². The minimum Gasteiger partial charge on any atom is -0.356 e. The number of nitrogens with one attached hydrogen (secondary N) is 2. The van der Waals surface area contributed by atoms with Gasteiger partial charge in [0.2, 0.25) is 0 Å². The molecule has 1 fully saturated rings. The Morgan fingerprint density at radius 3 is 2.95 bits per heavy atom. The minimum atomic E-state index is -2.86. The molecule has 0 spiro atoms. The van der Waals surface area contributed by atoms with E-state index in [4.69, 9.17) is 0 Å². The lowest BCUT2D eigenvalue weighted by Crippen LogP contribution is -2.44. The van der Waals surface area contributed by atoms with Crippen molar-refractivity contribution in [3.63, 3.8) is 0 Å². The molecular weight excluding hydrogens is 308 g/mol. The maximum absolute atomic E-state index is 11.4. The van der Waals surface area contributed by atoms with Crippen LogP contribution in [0, 0.1) is 6.92 Å². The smallest absolute Gasteiger partial charge is 0.191 e. The summed E-state index contributed by atoms with van der Waals surface area (Å²) in [6.45, 7) is 2.79. The van der Waals surface area contributed by atoms with Crippen molar-refractivity contribution in [2.75, 3.05) is 25.1 Å². The molecule has 2 N–H and O–H groups in total. The fourth-order valence-electron chi connectivity index (χ4n) is 2.26. The maximum Gasteiger partial charge on any atom is 0.191 e. The first-order valence-electron chi connectivity index (χ1n) is 7.07. The number of aryl methyl sites for hydroxylation is 2. The van der Waals surface area contributed by atoms with Crippen molar-refractivity contribution in [3.05, 3.63) is 16.1 Å². The summed E-state index contributed by atoms with van der Waals surface area (Å²) in [7, 11) is -1.16. The summed E-state index contributed by atoms with van der Waals surface area (Å²) in [5.41, 5.74) is 1.07. The summed E-state index contributed by atoms with van der Waals surface area (Å²) >= 11 is 1.69. The van der Waals surface area contributed by atoms with Gasteiger partial charge in [-0.1, -0.05) is 0 Å². The van der Waals surface area contributed by atoms with Crippen LogP contribution in [0.5, 0.6) is 0 Å². The molecule has 118 valence electrons. The lowest BCUT2D eigenvalue weighted by atomic mass is 10.3. The van der Waals surface area contributed by atoms with Gasteiger partial charge in [-0.2, -0.15) is 0 Å². The van der Waals surface area contributed by atoms with Crippen LogP contribution >= 0.6 is 11.3 Å². The van der Waals surface area contributed by atoms with Crippen LogP contribution in [0.2, 0.25) is 0 Å². The van der Waals surface area contributed by atoms with Gasteiger partial charge in [0.25, 0.3) is 0 Å². The molecule has 0 saturated carbocycles. The molecule has 2 heterocycles. The average molecular weight is 330 g/mol. The van der Waals surface area contributed by atoms with Gasteiger partial charge in [-0.3, -0.25) is 4.99 Å². The molecule has 0 amide bonds. The molecule has 0 aromatic carbocycles. The van der Waals surface area contributed by atoms with Crippen molar-refractivity contribution in [2.24, 2.45) is 4.99 Å². The average Bonchev–Trinajstić information content (AvgIpc) is 2.99. The van der Waals surface area contributed by atoms with Crippen molar-refractivity contribution in [2.45, 2.75) is 32.2 Å². The van der Waals surface area contributed by atoms with Crippen molar-refractivity contribution >= 4 is 27.1 Å². The lowest BCUT2D eigenvalue weighted by Gasteiger charge is -2.15. The van der Waals surface area contributed by atoms with E-state index in [2.05, 4.69) is 26.0 Å². The first-order chi connectivity index (χ1) is 9.98. The van der Waals surface area contributed by atoms with E-state index in [9.17, 15) is 8.42 Å². The fourth-order valence-corrected chi connectivity index (χ4v) is 4.75. The van der Waals surface area contributed by atoms with Gasteiger partial charge in [-0.25, -0.2) is 13.4 Å². The van der Waals surface area contributed by atoms with E-state index in [1.165, 1.54) is 0 Å². The van der Waals surface area contributed by atoms with Gasteiger partial charge >= 0.3 is 0 Å². The number of aromatic nitrogens is 1. The number of rotatable bonds is 5. The van der Waals surface area contributed by atoms with Gasteiger partial charge in [0, 0.05) is 37.1 Å². The molecule has 1 aromatic rings. The zero-order chi connectivity index (χ0) is 15.3. The molecule has 0 bridgehead atoms. The highest BCUT2D eigenvalue weighted by atomic mass is 32.2. The quantitative estimate of drug-likeness (QED) is 0.472. The third-order valence-corrected chi connectivity index (χ3v) is 6.12. The summed E-state index contributed by atoms with van der Waals surface area (Å²) in [6, 6.07) is -0.0252. The Balaban J connectivity index is 1.68. The number of sulfone groups is 1. The van der Waals surface area contributed by atoms with E-state index < -0.39 is 9.84 Å². The molecule has 2 rings (SSSR count). The number of hydrogen-bond acceptors (Lipinski definition) is 5. The minimum absolute atomic E-state index is 0.0252. The van der Waals surface area contributed by atoms with Crippen molar-refractivity contribution in [1.29, 1.82) is 0 Å². The fraction of sp³-hybridized carbons (Fsp3) is 0.692. The Labute approximate surface area is 130 Å². The number of thiazole rings is 1. The van der Waals surface area contributed by atoms with E-state index in [-0.39, 0.29) is 17.5 Å². The van der Waals surface area contributed by atoms with E-state index >= 15 is 0 Å². The normalized spacial score (nSPS) is 21.4. The molecule has 6 nitrogen and oxygen atoms in total. The topological polar surface area (TPSA) is 83.4 Å². The number of guanidine groups is 1. The van der Waals surface area contributed by atoms with Crippen molar-refractivity contribution < 1.29 is 8.42 Å². The van der Waals surface area contributed by atoms with Gasteiger partial charge < -0.3 is 10.6 Å². The molecule has 1 aromatic heterocycles. The van der Waals surface area contributed by atoms with Gasteiger partial charge in [-0.15, -0.1) is 11.3 Å². The van der Waals surface area contributed by atoms with E-state index in [0.29, 0.717) is 12.4 Å². The summed E-state index contributed by atoms with van der Waals surface area (Å²) in [4.78, 5) is 8.56. The summed E-state index contributed by atoms with van der Waals surface area (Å²) < 4.78 is 22.8. The molecule has 1 saturated heterocycles. The zero-order valence-corrected chi connectivity index (χ0v) is 14.1. The predicted molar refractivity (Wildman–Crippen MR) is 86.7 cm³/mol. The van der Waals surface area contributed by atoms with Crippen molar-refractivity contribution in [3.8, 4) is 0 Å². The van der Waals surface area contributed by atoms with Crippen LogP contribution in [0.4, 0.5) is 0 Å². The Hall–Kier alpha value is -1.15. The Bertz CT molecular complexity index is 595. The highest BCUT2D eigenvalue weighted by Gasteiger charge is 2.28. The number of aliphatic imine (C=N–C) groups is 1. The molecule has 1 atom stereocenters. The molecule has 8 heteroatoms. The second-order valence-corrected chi connectivity index (χ2v) is 8.40. The second-order valence-electron chi connectivity index (χ2n) is 5.23. The SMILES string of the molecule is CN=C(NCCCc1nc(C)cs1)NC1CCS(=O)(=O)C1. The van der Waals surface area contributed by atoms with Crippen LogP contribution in [-0.4, -0.2) is 50.5 Å². The third-order valence-electron chi connectivity index (χ3n) is 3.32. The first kappa shape index (κ1) is 16.2. The Kier molecular flexibility index (Phi) is 5.58. The molecule has 1 unspecified atom stereocenters. The molecule has 0 aliphatic carbocycles. The standard InChI is InChI=1S/C13H22N4O2S2/c1-10-8-20-12(16-10)4-3-6-15-13(14-2)17-11-5-7-21(18,19)9-11/h8,11H,3-7,9H2,1-2H3,(H2,14,15,17). The number of nitrogens with zero attached hydrogens (tertiary/aromatic N) is 2. The van der Waals surface area contributed by atoms with Crippen LogP contribution in [0.3, 0.4) is 0 Å². The van der Waals surface area contributed by atoms with E-state index in [1.807, 2.05) is 6.92 Å². The van der Waals surface area contributed by atoms with E-state index in [1.54, 1.807) is 18.4 Å².